The lowest BCUT2D eigenvalue weighted by Gasteiger charge is -2.21. The molecule has 3 aliphatic rings. The summed E-state index contributed by atoms with van der Waals surface area (Å²) in [4.78, 5) is 17.1. The van der Waals surface area contributed by atoms with Crippen LogP contribution in [0.25, 0.3) is 16.7 Å². The van der Waals surface area contributed by atoms with Crippen LogP contribution in [0, 0.1) is 6.92 Å². The van der Waals surface area contributed by atoms with Gasteiger partial charge in [0.25, 0.3) is 0 Å². The number of carbonyl (C=O) groups is 1. The number of nitrogens with zero attached hydrogens (tertiary/aromatic N) is 1. The van der Waals surface area contributed by atoms with Gasteiger partial charge in [-0.2, -0.15) is 0 Å². The van der Waals surface area contributed by atoms with Crippen molar-refractivity contribution in [1.82, 2.24) is 4.98 Å². The molecule has 2 heterocycles. The van der Waals surface area contributed by atoms with Crippen LogP contribution >= 0.6 is 15.9 Å². The van der Waals surface area contributed by atoms with E-state index in [1.54, 1.807) is 0 Å². The number of Topliss-reactive ketones (excluding diaryl/α,β-unsaturated/α-hetero) is 1. The zero-order valence-electron chi connectivity index (χ0n) is 15.5. The molecular formula is C23H19BrN2O2. The van der Waals surface area contributed by atoms with Crippen molar-refractivity contribution >= 4 is 33.0 Å². The highest BCUT2D eigenvalue weighted by molar-refractivity contribution is 9.11. The third kappa shape index (κ3) is 2.90. The van der Waals surface area contributed by atoms with Gasteiger partial charge in [0.1, 0.15) is 12.3 Å². The quantitative estimate of drug-likeness (QED) is 0.677. The summed E-state index contributed by atoms with van der Waals surface area (Å²) >= 11 is 3.50. The van der Waals surface area contributed by atoms with Gasteiger partial charge in [0.05, 0.1) is 0 Å². The molecule has 4 nitrogen and oxygen atoms in total. The molecule has 0 unspecified atom stereocenters. The summed E-state index contributed by atoms with van der Waals surface area (Å²) in [6, 6.07) is 6.29. The number of pyridine rings is 1. The van der Waals surface area contributed by atoms with Gasteiger partial charge in [-0.25, -0.2) is 4.98 Å². The Morgan fingerprint density at radius 3 is 3.00 bits per heavy atom. The molecule has 0 fully saturated rings. The van der Waals surface area contributed by atoms with E-state index in [-0.39, 0.29) is 5.78 Å². The summed E-state index contributed by atoms with van der Waals surface area (Å²) in [6.45, 7) is 3.50. The molecule has 28 heavy (non-hydrogen) atoms. The van der Waals surface area contributed by atoms with E-state index >= 15 is 0 Å². The van der Waals surface area contributed by atoms with Crippen LogP contribution < -0.4 is 10.1 Å². The van der Waals surface area contributed by atoms with Gasteiger partial charge < -0.3 is 10.1 Å². The third-order valence-electron chi connectivity index (χ3n) is 5.49. The monoisotopic (exact) mass is 434 g/mol. The standard InChI is InChI=1S/C23H19BrN2O2/c1-13-20(12-26-23-22(13)25-6-7-28-23)15-3-4-16-11-21(27)19(18(16)10-15)9-14-2-5-17(24)8-14/h3-5,8-10,12,25H,2,6-7,11H2,1H3/b19-9-. The van der Waals surface area contributed by atoms with Crippen LogP contribution in [-0.2, 0) is 11.2 Å². The van der Waals surface area contributed by atoms with Gasteiger partial charge in [-0.3, -0.25) is 4.79 Å². The van der Waals surface area contributed by atoms with E-state index in [2.05, 4.69) is 63.5 Å². The van der Waals surface area contributed by atoms with Crippen molar-refractivity contribution in [3.63, 3.8) is 0 Å². The minimum atomic E-state index is 0.187. The summed E-state index contributed by atoms with van der Waals surface area (Å²) in [6.07, 6.45) is 9.41. The zero-order valence-corrected chi connectivity index (χ0v) is 17.1. The Morgan fingerprint density at radius 1 is 1.29 bits per heavy atom. The molecule has 1 aromatic heterocycles. The first-order valence-corrected chi connectivity index (χ1v) is 10.2. The Bertz CT molecular complexity index is 1110. The van der Waals surface area contributed by atoms with Crippen molar-refractivity contribution in [1.29, 1.82) is 0 Å². The molecule has 2 aliphatic carbocycles. The average molecular weight is 435 g/mol. The number of rotatable bonds is 2. The van der Waals surface area contributed by atoms with Gasteiger partial charge in [-0.15, -0.1) is 0 Å². The topological polar surface area (TPSA) is 51.2 Å². The summed E-state index contributed by atoms with van der Waals surface area (Å²) in [5.41, 5.74) is 8.30. The minimum absolute atomic E-state index is 0.187. The molecule has 0 saturated carbocycles. The van der Waals surface area contributed by atoms with Crippen LogP contribution in [0.3, 0.4) is 0 Å². The fraction of sp³-hybridized carbons (Fsp3) is 0.217. The van der Waals surface area contributed by atoms with E-state index in [1.807, 2.05) is 12.3 Å². The van der Waals surface area contributed by atoms with Gasteiger partial charge in [0.2, 0.25) is 5.88 Å². The lowest BCUT2D eigenvalue weighted by molar-refractivity contribution is -0.112. The van der Waals surface area contributed by atoms with E-state index in [1.165, 1.54) is 0 Å². The lowest BCUT2D eigenvalue weighted by atomic mass is 9.96. The maximum absolute atomic E-state index is 12.6. The molecule has 1 aromatic carbocycles. The molecule has 5 rings (SSSR count). The van der Waals surface area contributed by atoms with Crippen LogP contribution in [0.4, 0.5) is 5.69 Å². The van der Waals surface area contributed by atoms with Crippen LogP contribution in [0.2, 0.25) is 0 Å². The van der Waals surface area contributed by atoms with E-state index in [0.29, 0.717) is 18.9 Å². The van der Waals surface area contributed by atoms with Crippen LogP contribution in [-0.4, -0.2) is 23.9 Å². The van der Waals surface area contributed by atoms with Crippen molar-refractivity contribution in [2.45, 2.75) is 19.8 Å². The molecule has 0 radical (unpaired) electrons. The minimum Gasteiger partial charge on any atom is -0.474 e. The number of carbonyl (C=O) groups excluding carboxylic acids is 1. The predicted molar refractivity (Wildman–Crippen MR) is 115 cm³/mol. The van der Waals surface area contributed by atoms with Gasteiger partial charge in [-0.05, 0) is 59.4 Å². The van der Waals surface area contributed by atoms with Crippen molar-refractivity contribution in [2.75, 3.05) is 18.5 Å². The van der Waals surface area contributed by atoms with Crippen LogP contribution in [0.1, 0.15) is 23.1 Å². The number of allylic oxidation sites excluding steroid dienone is 6. The number of halogens is 1. The van der Waals surface area contributed by atoms with Gasteiger partial charge in [0, 0.05) is 34.8 Å². The first kappa shape index (κ1) is 17.4. The van der Waals surface area contributed by atoms with E-state index in [4.69, 9.17) is 4.74 Å². The van der Waals surface area contributed by atoms with Gasteiger partial charge in [0.15, 0.2) is 5.78 Å². The highest BCUT2D eigenvalue weighted by Gasteiger charge is 2.26. The number of ether oxygens (including phenoxy) is 1. The largest absolute Gasteiger partial charge is 0.474 e. The van der Waals surface area contributed by atoms with Crippen molar-refractivity contribution in [2.24, 2.45) is 0 Å². The van der Waals surface area contributed by atoms with Crippen molar-refractivity contribution in [3.05, 3.63) is 69.4 Å². The first-order valence-electron chi connectivity index (χ1n) is 9.41. The summed E-state index contributed by atoms with van der Waals surface area (Å²) in [7, 11) is 0. The maximum Gasteiger partial charge on any atom is 0.237 e. The Kier molecular flexibility index (Phi) is 4.20. The Balaban J connectivity index is 1.58. The summed E-state index contributed by atoms with van der Waals surface area (Å²) in [5, 5.41) is 3.39. The highest BCUT2D eigenvalue weighted by Crippen LogP contribution is 2.39. The number of hydrogen-bond donors (Lipinski definition) is 1. The molecule has 0 atom stereocenters. The molecule has 1 N–H and O–H groups in total. The second-order valence-electron chi connectivity index (χ2n) is 7.29. The Morgan fingerprint density at radius 2 is 2.18 bits per heavy atom. The molecule has 1 aliphatic heterocycles. The SMILES string of the molecule is Cc1c(-c2ccc3c(c2)/C(=C/C2=CC(Br)=CC2)C(=O)C3)cnc2c1NCCO2. The number of anilines is 1. The second kappa shape index (κ2) is 6.74. The summed E-state index contributed by atoms with van der Waals surface area (Å²) in [5.74, 6) is 0.849. The molecule has 0 saturated heterocycles. The zero-order chi connectivity index (χ0) is 19.3. The van der Waals surface area contributed by atoms with Crippen LogP contribution in [0.5, 0.6) is 5.88 Å². The van der Waals surface area contributed by atoms with Crippen LogP contribution in [0.15, 0.2) is 52.7 Å². The maximum atomic E-state index is 12.6. The average Bonchev–Trinajstić information content (AvgIpc) is 3.25. The molecular weight excluding hydrogens is 416 g/mol. The van der Waals surface area contributed by atoms with Gasteiger partial charge in [-0.1, -0.05) is 34.1 Å². The normalized spacial score (nSPS) is 18.9. The number of fused-ring (bicyclic) bond motifs is 2. The smallest absolute Gasteiger partial charge is 0.237 e. The van der Waals surface area contributed by atoms with Crippen molar-refractivity contribution < 1.29 is 9.53 Å². The highest BCUT2D eigenvalue weighted by atomic mass is 79.9. The summed E-state index contributed by atoms with van der Waals surface area (Å²) < 4.78 is 6.71. The Hall–Kier alpha value is -2.66. The number of nitrogens with one attached hydrogen (secondary N) is 1. The van der Waals surface area contributed by atoms with E-state index in [0.717, 1.165) is 62.1 Å². The molecule has 0 spiro atoms. The molecule has 0 amide bonds. The molecule has 5 heteroatoms. The Labute approximate surface area is 172 Å². The van der Waals surface area contributed by atoms with E-state index in [9.17, 15) is 4.79 Å². The molecule has 2 aromatic rings. The predicted octanol–water partition coefficient (Wildman–Crippen LogP) is 4.98. The second-order valence-corrected chi connectivity index (χ2v) is 8.21. The number of benzene rings is 1. The first-order chi connectivity index (χ1) is 13.6. The lowest BCUT2D eigenvalue weighted by Crippen LogP contribution is -2.20. The number of hydrogen-bond acceptors (Lipinski definition) is 4. The van der Waals surface area contributed by atoms with Gasteiger partial charge >= 0.3 is 0 Å². The molecule has 140 valence electrons. The number of aromatic nitrogens is 1. The molecule has 0 bridgehead atoms. The fourth-order valence-electron chi connectivity index (χ4n) is 4.03. The number of ketones is 1. The van der Waals surface area contributed by atoms with E-state index < -0.39 is 0 Å². The fourth-order valence-corrected chi connectivity index (χ4v) is 4.49. The van der Waals surface area contributed by atoms with Crippen molar-refractivity contribution in [3.8, 4) is 17.0 Å². The third-order valence-corrected chi connectivity index (χ3v) is 6.05.